The predicted molar refractivity (Wildman–Crippen MR) is 98.9 cm³/mol. The number of nitrogens with one attached hydrogen (secondary N) is 1. The Balaban J connectivity index is 1.64. The third-order valence-corrected chi connectivity index (χ3v) is 4.51. The van der Waals surface area contributed by atoms with Crippen LogP contribution in [0, 0.1) is 13.8 Å². The lowest BCUT2D eigenvalue weighted by Crippen LogP contribution is -2.23. The van der Waals surface area contributed by atoms with E-state index >= 15 is 0 Å². The first kappa shape index (κ1) is 18.9. The molecule has 1 amide bonds. The number of nitrogens with zero attached hydrogens (tertiary/aromatic N) is 4. The molecule has 3 aromatic rings. The zero-order valence-corrected chi connectivity index (χ0v) is 16.1. The Bertz CT molecular complexity index is 950. The van der Waals surface area contributed by atoms with E-state index in [1.807, 2.05) is 45.0 Å². The van der Waals surface area contributed by atoms with E-state index in [0.29, 0.717) is 24.0 Å². The van der Waals surface area contributed by atoms with Gasteiger partial charge in [-0.05, 0) is 26.8 Å². The molecule has 0 bridgehead atoms. The molecule has 9 heteroatoms. The van der Waals surface area contributed by atoms with Crippen LogP contribution in [-0.2, 0) is 13.1 Å². The highest BCUT2D eigenvalue weighted by atomic mass is 35.5. The Morgan fingerprint density at radius 1 is 1.33 bits per heavy atom. The number of amides is 1. The first-order chi connectivity index (χ1) is 13.0. The first-order valence-electron chi connectivity index (χ1n) is 8.50. The van der Waals surface area contributed by atoms with E-state index in [1.54, 1.807) is 4.68 Å². The molecule has 0 aliphatic rings. The number of hydrogen-bond donors (Lipinski definition) is 1. The maximum absolute atomic E-state index is 12.3. The lowest BCUT2D eigenvalue weighted by molar-refractivity contribution is 0.0906. The van der Waals surface area contributed by atoms with Gasteiger partial charge in [0.2, 0.25) is 0 Å². The van der Waals surface area contributed by atoms with Gasteiger partial charge in [-0.1, -0.05) is 35.0 Å². The lowest BCUT2D eigenvalue weighted by atomic mass is 10.2. The Morgan fingerprint density at radius 2 is 2.11 bits per heavy atom. The molecule has 2 heterocycles. The molecule has 1 N–H and O–H groups in total. The molecule has 1 aromatic carbocycles. The molecule has 27 heavy (non-hydrogen) atoms. The summed E-state index contributed by atoms with van der Waals surface area (Å²) in [6, 6.07) is 7.51. The van der Waals surface area contributed by atoms with Crippen LogP contribution in [0.5, 0.6) is 5.75 Å². The number of halogens is 1. The molecule has 2 aromatic heterocycles. The van der Waals surface area contributed by atoms with Crippen LogP contribution in [0.3, 0.4) is 0 Å². The number of hydrogen-bond acceptors (Lipinski definition) is 6. The molecule has 3 rings (SSSR count). The fourth-order valence-electron chi connectivity index (χ4n) is 2.57. The maximum atomic E-state index is 12.3. The molecular formula is C18H20ClN5O3. The van der Waals surface area contributed by atoms with Gasteiger partial charge in [0.25, 0.3) is 0 Å². The first-order valence-corrected chi connectivity index (χ1v) is 8.88. The monoisotopic (exact) mass is 389 g/mol. The third kappa shape index (κ3) is 4.28. The highest BCUT2D eigenvalue weighted by Gasteiger charge is 2.17. The zero-order chi connectivity index (χ0) is 19.4. The van der Waals surface area contributed by atoms with Gasteiger partial charge in [0, 0.05) is 12.1 Å². The van der Waals surface area contributed by atoms with Crippen molar-refractivity contribution in [3.05, 3.63) is 58.0 Å². The summed E-state index contributed by atoms with van der Waals surface area (Å²) in [5.41, 5.74) is 2.39. The number of benzene rings is 1. The molecule has 0 spiro atoms. The second-order valence-corrected chi connectivity index (χ2v) is 6.26. The lowest BCUT2D eigenvalue weighted by Gasteiger charge is -2.09. The van der Waals surface area contributed by atoms with E-state index in [1.165, 1.54) is 0 Å². The quantitative estimate of drug-likeness (QED) is 0.667. The fraction of sp³-hybridized carbons (Fsp3) is 0.333. The molecule has 0 radical (unpaired) electrons. The Morgan fingerprint density at radius 3 is 2.81 bits per heavy atom. The van der Waals surface area contributed by atoms with Crippen LogP contribution in [0.15, 0.2) is 28.8 Å². The van der Waals surface area contributed by atoms with Crippen LogP contribution in [0.4, 0.5) is 0 Å². The van der Waals surface area contributed by atoms with Gasteiger partial charge in [0.1, 0.15) is 12.3 Å². The van der Waals surface area contributed by atoms with Crippen LogP contribution >= 0.6 is 11.6 Å². The smallest absolute Gasteiger partial charge is 0.316 e. The van der Waals surface area contributed by atoms with Crippen molar-refractivity contribution >= 4 is 17.5 Å². The molecule has 0 unspecified atom stereocenters. The second kappa shape index (κ2) is 8.22. The second-order valence-electron chi connectivity index (χ2n) is 5.88. The summed E-state index contributed by atoms with van der Waals surface area (Å²) < 4.78 is 12.3. The standard InChI is InChI=1S/C18H20ClN5O3/c1-4-26-14-8-6-5-7-13(14)9-20-17(25)18-21-15(23-27-18)10-24-12(3)16(19)11(2)22-24/h5-8H,4,9-10H2,1-3H3,(H,20,25). The van der Waals surface area contributed by atoms with Gasteiger partial charge in [-0.3, -0.25) is 9.48 Å². The summed E-state index contributed by atoms with van der Waals surface area (Å²) in [6.45, 7) is 6.69. The van der Waals surface area contributed by atoms with Gasteiger partial charge in [-0.2, -0.15) is 10.1 Å². The van der Waals surface area contributed by atoms with E-state index in [2.05, 4.69) is 20.6 Å². The van der Waals surface area contributed by atoms with E-state index in [0.717, 1.165) is 22.7 Å². The third-order valence-electron chi connectivity index (χ3n) is 3.96. The number of ether oxygens (including phenoxy) is 1. The van der Waals surface area contributed by atoms with Crippen LogP contribution in [0.1, 0.15) is 40.4 Å². The minimum absolute atomic E-state index is 0.105. The summed E-state index contributed by atoms with van der Waals surface area (Å²) in [6.07, 6.45) is 0. The summed E-state index contributed by atoms with van der Waals surface area (Å²) >= 11 is 6.13. The van der Waals surface area contributed by atoms with Gasteiger partial charge < -0.3 is 14.6 Å². The molecule has 0 atom stereocenters. The average molecular weight is 390 g/mol. The van der Waals surface area contributed by atoms with E-state index in [4.69, 9.17) is 20.9 Å². The average Bonchev–Trinajstić information content (AvgIpc) is 3.22. The normalized spacial score (nSPS) is 10.8. The highest BCUT2D eigenvalue weighted by molar-refractivity contribution is 6.31. The van der Waals surface area contributed by atoms with Crippen LogP contribution in [0.25, 0.3) is 0 Å². The van der Waals surface area contributed by atoms with Gasteiger partial charge in [0.15, 0.2) is 5.82 Å². The van der Waals surface area contributed by atoms with Crippen molar-refractivity contribution in [3.8, 4) is 5.75 Å². The van der Waals surface area contributed by atoms with Crippen LogP contribution in [0.2, 0.25) is 5.02 Å². The van der Waals surface area contributed by atoms with E-state index in [-0.39, 0.29) is 12.4 Å². The minimum atomic E-state index is -0.452. The van der Waals surface area contributed by atoms with Gasteiger partial charge in [-0.15, -0.1) is 0 Å². The predicted octanol–water partition coefficient (Wildman–Crippen LogP) is 2.91. The Hall–Kier alpha value is -2.87. The molecule has 0 fully saturated rings. The number of para-hydroxylation sites is 1. The summed E-state index contributed by atoms with van der Waals surface area (Å²) in [5.74, 6) is 0.517. The van der Waals surface area contributed by atoms with Crippen molar-refractivity contribution in [2.24, 2.45) is 0 Å². The van der Waals surface area contributed by atoms with Crippen molar-refractivity contribution < 1.29 is 14.1 Å². The number of aromatic nitrogens is 4. The van der Waals surface area contributed by atoms with E-state index in [9.17, 15) is 4.79 Å². The topological polar surface area (TPSA) is 95.1 Å². The van der Waals surface area contributed by atoms with Crippen molar-refractivity contribution in [2.75, 3.05) is 6.61 Å². The summed E-state index contributed by atoms with van der Waals surface area (Å²) in [7, 11) is 0. The van der Waals surface area contributed by atoms with Crippen molar-refractivity contribution in [3.63, 3.8) is 0 Å². The van der Waals surface area contributed by atoms with Crippen molar-refractivity contribution in [1.29, 1.82) is 0 Å². The molecule has 8 nitrogen and oxygen atoms in total. The maximum Gasteiger partial charge on any atom is 0.316 e. The largest absolute Gasteiger partial charge is 0.494 e. The number of aryl methyl sites for hydroxylation is 1. The summed E-state index contributed by atoms with van der Waals surface area (Å²) in [5, 5.41) is 11.5. The fourth-order valence-corrected chi connectivity index (χ4v) is 2.71. The van der Waals surface area contributed by atoms with E-state index < -0.39 is 5.91 Å². The van der Waals surface area contributed by atoms with Gasteiger partial charge in [0.05, 0.1) is 23.0 Å². The number of rotatable bonds is 7. The Kier molecular flexibility index (Phi) is 5.75. The molecule has 0 aliphatic carbocycles. The van der Waals surface area contributed by atoms with Crippen LogP contribution in [-0.4, -0.2) is 32.4 Å². The highest BCUT2D eigenvalue weighted by Crippen LogP contribution is 2.20. The SMILES string of the molecule is CCOc1ccccc1CNC(=O)c1nc(Cn2nc(C)c(Cl)c2C)no1. The van der Waals surface area contributed by atoms with Crippen molar-refractivity contribution in [1.82, 2.24) is 25.2 Å². The van der Waals surface area contributed by atoms with Gasteiger partial charge in [-0.25, -0.2) is 0 Å². The number of carbonyl (C=O) groups excluding carboxylic acids is 1. The number of carbonyl (C=O) groups is 1. The molecule has 142 valence electrons. The van der Waals surface area contributed by atoms with Crippen LogP contribution < -0.4 is 10.1 Å². The summed E-state index contributed by atoms with van der Waals surface area (Å²) in [4.78, 5) is 16.4. The molecular weight excluding hydrogens is 370 g/mol. The molecule has 0 saturated heterocycles. The zero-order valence-electron chi connectivity index (χ0n) is 15.3. The van der Waals surface area contributed by atoms with Crippen molar-refractivity contribution in [2.45, 2.75) is 33.9 Å². The molecule has 0 aliphatic heterocycles. The Labute approximate surface area is 161 Å². The minimum Gasteiger partial charge on any atom is -0.494 e. The van der Waals surface area contributed by atoms with Gasteiger partial charge >= 0.3 is 11.8 Å². The molecule has 0 saturated carbocycles.